The van der Waals surface area contributed by atoms with Gasteiger partial charge in [-0.3, -0.25) is 4.79 Å². The molecule has 0 N–H and O–H groups in total. The third-order valence-corrected chi connectivity index (χ3v) is 2.64. The van der Waals surface area contributed by atoms with Crippen molar-refractivity contribution in [2.75, 3.05) is 6.61 Å². The van der Waals surface area contributed by atoms with E-state index in [1.165, 1.54) is 0 Å². The normalized spacial score (nSPS) is 26.8. The quantitative estimate of drug-likeness (QED) is 0.648. The van der Waals surface area contributed by atoms with Crippen LogP contribution >= 0.6 is 0 Å². The van der Waals surface area contributed by atoms with Crippen molar-refractivity contribution in [3.8, 4) is 0 Å². The van der Waals surface area contributed by atoms with Crippen LogP contribution in [-0.2, 0) is 9.53 Å². The second kappa shape index (κ2) is 3.77. The minimum absolute atomic E-state index is 0.0781. The van der Waals surface area contributed by atoms with Crippen LogP contribution in [0.4, 0.5) is 0 Å². The van der Waals surface area contributed by atoms with E-state index < -0.39 is 0 Å². The Bertz CT molecular complexity index is 263. The Morgan fingerprint density at radius 1 is 1.54 bits per heavy atom. The highest BCUT2D eigenvalue weighted by Crippen LogP contribution is 2.24. The van der Waals surface area contributed by atoms with E-state index in [1.54, 1.807) is 6.26 Å². The summed E-state index contributed by atoms with van der Waals surface area (Å²) in [5, 5.41) is 0. The molecule has 2 rings (SSSR count). The summed E-state index contributed by atoms with van der Waals surface area (Å²) >= 11 is 0. The van der Waals surface area contributed by atoms with Gasteiger partial charge >= 0.3 is 0 Å². The number of rotatable bonds is 2. The number of ketones is 1. The second-order valence-electron chi connectivity index (χ2n) is 3.62. The molecule has 2 aliphatic rings. The van der Waals surface area contributed by atoms with Crippen molar-refractivity contribution in [1.29, 1.82) is 0 Å². The van der Waals surface area contributed by atoms with Crippen LogP contribution in [0.3, 0.4) is 0 Å². The molecule has 0 aromatic carbocycles. The Labute approximate surface area is 78.3 Å². The van der Waals surface area contributed by atoms with Gasteiger partial charge in [-0.2, -0.15) is 0 Å². The Balaban J connectivity index is 1.99. The van der Waals surface area contributed by atoms with Crippen molar-refractivity contribution < 1.29 is 9.53 Å². The van der Waals surface area contributed by atoms with Gasteiger partial charge in [-0.25, -0.2) is 0 Å². The van der Waals surface area contributed by atoms with Crippen molar-refractivity contribution in [3.05, 3.63) is 24.0 Å². The van der Waals surface area contributed by atoms with Crippen molar-refractivity contribution >= 4 is 5.78 Å². The van der Waals surface area contributed by atoms with Crippen molar-refractivity contribution in [2.24, 2.45) is 5.92 Å². The van der Waals surface area contributed by atoms with Gasteiger partial charge in [-0.15, -0.1) is 0 Å². The Kier molecular flexibility index (Phi) is 2.48. The first-order valence-corrected chi connectivity index (χ1v) is 4.88. The van der Waals surface area contributed by atoms with Gasteiger partial charge < -0.3 is 4.74 Å². The highest BCUT2D eigenvalue weighted by molar-refractivity contribution is 5.97. The lowest BCUT2D eigenvalue weighted by Gasteiger charge is -2.17. The first kappa shape index (κ1) is 8.54. The van der Waals surface area contributed by atoms with E-state index in [0.29, 0.717) is 12.4 Å². The van der Waals surface area contributed by atoms with Crippen molar-refractivity contribution in [3.63, 3.8) is 0 Å². The van der Waals surface area contributed by atoms with E-state index in [-0.39, 0.29) is 5.92 Å². The molecule has 1 aliphatic carbocycles. The molecule has 0 saturated carbocycles. The fraction of sp³-hybridized carbons (Fsp3) is 0.545. The largest absolute Gasteiger partial charge is 0.501 e. The molecule has 0 aromatic rings. The lowest BCUT2D eigenvalue weighted by atomic mass is 9.94. The predicted molar refractivity (Wildman–Crippen MR) is 50.1 cm³/mol. The van der Waals surface area contributed by atoms with E-state index in [0.717, 1.165) is 31.3 Å². The smallest absolute Gasteiger partial charge is 0.165 e. The van der Waals surface area contributed by atoms with Gasteiger partial charge in [-0.05, 0) is 37.3 Å². The third kappa shape index (κ3) is 1.82. The molecule has 0 saturated heterocycles. The topological polar surface area (TPSA) is 26.3 Å². The average molecular weight is 178 g/mol. The van der Waals surface area contributed by atoms with Gasteiger partial charge in [-0.1, -0.05) is 6.08 Å². The van der Waals surface area contributed by atoms with Crippen LogP contribution in [0.15, 0.2) is 24.0 Å². The summed E-state index contributed by atoms with van der Waals surface area (Å²) in [6, 6.07) is 0. The highest BCUT2D eigenvalue weighted by Gasteiger charge is 2.24. The van der Waals surface area contributed by atoms with Crippen molar-refractivity contribution in [1.82, 2.24) is 0 Å². The molecule has 0 bridgehead atoms. The number of Topliss-reactive ketones (excluding diaryl/α,β-unsaturated/α-hetero) is 1. The van der Waals surface area contributed by atoms with Gasteiger partial charge in [0.05, 0.1) is 18.8 Å². The molecular weight excluding hydrogens is 164 g/mol. The van der Waals surface area contributed by atoms with Crippen molar-refractivity contribution in [2.45, 2.75) is 25.7 Å². The van der Waals surface area contributed by atoms with Gasteiger partial charge in [0.15, 0.2) is 5.78 Å². The number of hydrogen-bond donors (Lipinski definition) is 0. The maximum Gasteiger partial charge on any atom is 0.165 e. The van der Waals surface area contributed by atoms with E-state index in [4.69, 9.17) is 4.74 Å². The molecule has 1 aliphatic heterocycles. The lowest BCUT2D eigenvalue weighted by Crippen LogP contribution is -2.22. The molecule has 1 unspecified atom stereocenters. The first-order chi connectivity index (χ1) is 6.38. The summed E-state index contributed by atoms with van der Waals surface area (Å²) in [5.41, 5.74) is 1.03. The zero-order chi connectivity index (χ0) is 9.10. The summed E-state index contributed by atoms with van der Waals surface area (Å²) in [6.45, 7) is 0.562. The van der Waals surface area contributed by atoms with Crippen LogP contribution in [0.2, 0.25) is 0 Å². The fourth-order valence-corrected chi connectivity index (χ4v) is 1.87. The number of hydrogen-bond acceptors (Lipinski definition) is 2. The van der Waals surface area contributed by atoms with E-state index in [1.807, 2.05) is 6.08 Å². The molecule has 0 spiro atoms. The van der Waals surface area contributed by atoms with Crippen LogP contribution in [0.5, 0.6) is 0 Å². The second-order valence-corrected chi connectivity index (χ2v) is 3.62. The Morgan fingerprint density at radius 3 is 3.08 bits per heavy atom. The van der Waals surface area contributed by atoms with Crippen LogP contribution in [0.1, 0.15) is 25.7 Å². The predicted octanol–water partition coefficient (Wildman–Crippen LogP) is 2.22. The SMILES string of the molecule is O=C(C1=CCCC1)C1CC=COC1. The standard InChI is InChI=1S/C11H14O2/c12-11(9-4-1-2-5-9)10-6-3-7-13-8-10/h3-4,7,10H,1-2,5-6,8H2. The van der Waals surface area contributed by atoms with Crippen LogP contribution in [0, 0.1) is 5.92 Å². The molecule has 0 radical (unpaired) electrons. The summed E-state index contributed by atoms with van der Waals surface area (Å²) in [5.74, 6) is 0.385. The number of allylic oxidation sites excluding steroid dienone is 3. The molecule has 1 heterocycles. The average Bonchev–Trinajstić information content (AvgIpc) is 2.71. The van der Waals surface area contributed by atoms with E-state index in [2.05, 4.69) is 6.08 Å². The summed E-state index contributed by atoms with van der Waals surface area (Å²) in [6.07, 6.45) is 9.74. The first-order valence-electron chi connectivity index (χ1n) is 4.88. The molecule has 0 amide bonds. The number of ether oxygens (including phenoxy) is 1. The monoisotopic (exact) mass is 178 g/mol. The number of carbonyl (C=O) groups excluding carboxylic acids is 1. The summed E-state index contributed by atoms with van der Waals surface area (Å²) in [7, 11) is 0. The molecule has 70 valence electrons. The van der Waals surface area contributed by atoms with Gasteiger partial charge in [0.25, 0.3) is 0 Å². The molecular formula is C11H14O2. The minimum Gasteiger partial charge on any atom is -0.501 e. The summed E-state index contributed by atoms with van der Waals surface area (Å²) < 4.78 is 5.13. The Hall–Kier alpha value is -1.05. The van der Waals surface area contributed by atoms with Gasteiger partial charge in [0.2, 0.25) is 0 Å². The van der Waals surface area contributed by atoms with Gasteiger partial charge in [0, 0.05) is 0 Å². The minimum atomic E-state index is 0.0781. The maximum absolute atomic E-state index is 11.8. The molecule has 1 atom stereocenters. The zero-order valence-corrected chi connectivity index (χ0v) is 7.66. The molecule has 13 heavy (non-hydrogen) atoms. The van der Waals surface area contributed by atoms with E-state index in [9.17, 15) is 4.79 Å². The maximum atomic E-state index is 11.8. The zero-order valence-electron chi connectivity index (χ0n) is 7.66. The Morgan fingerprint density at radius 2 is 2.46 bits per heavy atom. The molecule has 2 heteroatoms. The molecule has 2 nitrogen and oxygen atoms in total. The van der Waals surface area contributed by atoms with Crippen LogP contribution < -0.4 is 0 Å². The molecule has 0 fully saturated rings. The fourth-order valence-electron chi connectivity index (χ4n) is 1.87. The summed E-state index contributed by atoms with van der Waals surface area (Å²) in [4.78, 5) is 11.8. The highest BCUT2D eigenvalue weighted by atomic mass is 16.5. The number of carbonyl (C=O) groups is 1. The molecule has 0 aromatic heterocycles. The lowest BCUT2D eigenvalue weighted by molar-refractivity contribution is -0.120. The van der Waals surface area contributed by atoms with Gasteiger partial charge in [0.1, 0.15) is 0 Å². The third-order valence-electron chi connectivity index (χ3n) is 2.64. The van der Waals surface area contributed by atoms with Crippen LogP contribution in [-0.4, -0.2) is 12.4 Å². The van der Waals surface area contributed by atoms with E-state index >= 15 is 0 Å². The van der Waals surface area contributed by atoms with Crippen LogP contribution in [0.25, 0.3) is 0 Å².